The van der Waals surface area contributed by atoms with E-state index in [4.69, 9.17) is 5.11 Å². The first-order chi connectivity index (χ1) is 7.00. The summed E-state index contributed by atoms with van der Waals surface area (Å²) in [5, 5.41) is 16.2. The van der Waals surface area contributed by atoms with Gasteiger partial charge in [-0.1, -0.05) is 0 Å². The summed E-state index contributed by atoms with van der Waals surface area (Å²) in [6.07, 6.45) is -1.21. The second-order valence-corrected chi connectivity index (χ2v) is 3.41. The molecule has 2 aliphatic rings. The maximum Gasteiger partial charge on any atom is 0.326 e. The Morgan fingerprint density at radius 3 is 2.67 bits per heavy atom. The van der Waals surface area contributed by atoms with Crippen LogP contribution in [0.4, 0.5) is 9.59 Å². The molecule has 0 aliphatic carbocycles. The van der Waals surface area contributed by atoms with Crippen LogP contribution in [-0.4, -0.2) is 46.4 Å². The summed E-state index contributed by atoms with van der Waals surface area (Å²) in [7, 11) is 0. The van der Waals surface area contributed by atoms with Crippen molar-refractivity contribution in [2.24, 2.45) is 0 Å². The van der Waals surface area contributed by atoms with Crippen LogP contribution in [-0.2, 0) is 4.79 Å². The summed E-state index contributed by atoms with van der Waals surface area (Å²) >= 11 is 0. The highest BCUT2D eigenvalue weighted by Crippen LogP contribution is 2.17. The molecule has 2 heterocycles. The predicted octanol–water partition coefficient (Wildman–Crippen LogP) is -1.55. The number of carboxylic acid groups (broad SMARTS) is 1. The number of carbonyl (C=O) groups is 3. The van der Waals surface area contributed by atoms with Gasteiger partial charge in [0, 0.05) is 0 Å². The molecule has 0 aromatic rings. The summed E-state index contributed by atoms with van der Waals surface area (Å²) < 4.78 is 0. The van der Waals surface area contributed by atoms with Gasteiger partial charge in [-0.25, -0.2) is 14.4 Å². The number of nitrogens with zero attached hydrogens (tertiary/aromatic N) is 1. The molecular weight excluding hydrogens is 204 g/mol. The molecule has 0 aromatic carbocycles. The Balaban J connectivity index is 2.20. The third kappa shape index (κ3) is 1.34. The van der Waals surface area contributed by atoms with Gasteiger partial charge in [-0.3, -0.25) is 4.90 Å². The van der Waals surface area contributed by atoms with Gasteiger partial charge in [-0.15, -0.1) is 0 Å². The van der Waals surface area contributed by atoms with Crippen LogP contribution in [0.3, 0.4) is 0 Å². The van der Waals surface area contributed by atoms with Crippen LogP contribution in [0.2, 0.25) is 0 Å². The Morgan fingerprint density at radius 1 is 1.40 bits per heavy atom. The van der Waals surface area contributed by atoms with Crippen LogP contribution in [0.15, 0.2) is 0 Å². The van der Waals surface area contributed by atoms with Crippen molar-refractivity contribution in [2.45, 2.75) is 25.3 Å². The van der Waals surface area contributed by atoms with E-state index < -0.39 is 36.4 Å². The highest BCUT2D eigenvalue weighted by Gasteiger charge is 2.48. The zero-order valence-electron chi connectivity index (χ0n) is 7.85. The van der Waals surface area contributed by atoms with E-state index >= 15 is 0 Å². The van der Waals surface area contributed by atoms with Gasteiger partial charge in [0.05, 0.1) is 0 Å². The molecule has 8 nitrogen and oxygen atoms in total. The van der Waals surface area contributed by atoms with E-state index in [1.165, 1.54) is 6.92 Å². The number of urea groups is 2. The van der Waals surface area contributed by atoms with Gasteiger partial charge in [0.1, 0.15) is 18.4 Å². The average molecular weight is 214 g/mol. The first-order valence-corrected chi connectivity index (χ1v) is 4.39. The fourth-order valence-electron chi connectivity index (χ4n) is 1.69. The van der Waals surface area contributed by atoms with Crippen LogP contribution in [0, 0.1) is 0 Å². The molecule has 2 aliphatic heterocycles. The van der Waals surface area contributed by atoms with Gasteiger partial charge in [0.25, 0.3) is 0 Å². The van der Waals surface area contributed by atoms with Gasteiger partial charge in [-0.05, 0) is 6.92 Å². The Labute approximate surface area is 84.6 Å². The third-order valence-corrected chi connectivity index (χ3v) is 2.47. The fraction of sp³-hybridized carbons (Fsp3) is 0.571. The van der Waals surface area contributed by atoms with Gasteiger partial charge >= 0.3 is 18.0 Å². The topological polar surface area (TPSA) is 111 Å². The number of hydrogen-bond acceptors (Lipinski definition) is 3. The third-order valence-electron chi connectivity index (χ3n) is 2.47. The Kier molecular flexibility index (Phi) is 1.92. The number of fused-ring (bicyclic) bond motifs is 1. The van der Waals surface area contributed by atoms with Crippen molar-refractivity contribution in [1.29, 1.82) is 0 Å². The molecule has 2 fully saturated rings. The quantitative estimate of drug-likeness (QED) is 0.446. The van der Waals surface area contributed by atoms with Crippen LogP contribution >= 0.6 is 0 Å². The van der Waals surface area contributed by atoms with Crippen LogP contribution in [0.25, 0.3) is 0 Å². The molecule has 4 amide bonds. The number of hydrogen-bond donors (Lipinski definition) is 4. The maximum atomic E-state index is 11.4. The van der Waals surface area contributed by atoms with E-state index in [9.17, 15) is 14.4 Å². The van der Waals surface area contributed by atoms with Crippen molar-refractivity contribution in [2.75, 3.05) is 0 Å². The summed E-state index contributed by atoms with van der Waals surface area (Å²) in [6.45, 7) is 1.38. The maximum absolute atomic E-state index is 11.4. The lowest BCUT2D eigenvalue weighted by Crippen LogP contribution is -2.50. The van der Waals surface area contributed by atoms with E-state index in [-0.39, 0.29) is 0 Å². The summed E-state index contributed by atoms with van der Waals surface area (Å²) in [5.74, 6) is -1.12. The van der Waals surface area contributed by atoms with Crippen LogP contribution in [0.1, 0.15) is 6.92 Å². The number of carbonyl (C=O) groups excluding carboxylic acids is 2. The van der Waals surface area contributed by atoms with E-state index in [1.807, 2.05) is 0 Å². The molecule has 15 heavy (non-hydrogen) atoms. The molecule has 3 atom stereocenters. The highest BCUT2D eigenvalue weighted by atomic mass is 16.4. The largest absolute Gasteiger partial charge is 0.480 e. The normalized spacial score (nSPS) is 30.3. The minimum absolute atomic E-state index is 0.424. The minimum Gasteiger partial charge on any atom is -0.480 e. The summed E-state index contributed by atoms with van der Waals surface area (Å²) in [6, 6.07) is -1.92. The molecule has 0 saturated carbocycles. The second-order valence-electron chi connectivity index (χ2n) is 3.41. The number of amides is 4. The molecule has 8 heteroatoms. The summed E-state index contributed by atoms with van der Waals surface area (Å²) in [4.78, 5) is 34.2. The van der Waals surface area contributed by atoms with E-state index in [0.717, 1.165) is 4.90 Å². The molecule has 0 bridgehead atoms. The average Bonchev–Trinajstić information content (AvgIpc) is 2.58. The SMILES string of the molecule is CC(C(=O)O)N1C(=O)NC2NC(=O)NC21. The molecule has 3 unspecified atom stereocenters. The number of aliphatic carboxylic acids is 1. The molecule has 0 spiro atoms. The first-order valence-electron chi connectivity index (χ1n) is 4.39. The number of carboxylic acids is 1. The lowest BCUT2D eigenvalue weighted by atomic mass is 10.3. The molecule has 2 rings (SSSR count). The van der Waals surface area contributed by atoms with Crippen molar-refractivity contribution < 1.29 is 19.5 Å². The Bertz CT molecular complexity index is 344. The molecule has 2 saturated heterocycles. The van der Waals surface area contributed by atoms with E-state index in [1.54, 1.807) is 0 Å². The van der Waals surface area contributed by atoms with E-state index in [0.29, 0.717) is 0 Å². The van der Waals surface area contributed by atoms with Gasteiger partial charge < -0.3 is 21.1 Å². The monoisotopic (exact) mass is 214 g/mol. The zero-order chi connectivity index (χ0) is 11.2. The number of nitrogens with one attached hydrogen (secondary N) is 3. The van der Waals surface area contributed by atoms with Crippen LogP contribution in [0.5, 0.6) is 0 Å². The fourth-order valence-corrected chi connectivity index (χ4v) is 1.69. The van der Waals surface area contributed by atoms with Crippen molar-refractivity contribution in [3.05, 3.63) is 0 Å². The predicted molar refractivity (Wildman–Crippen MR) is 46.7 cm³/mol. The van der Waals surface area contributed by atoms with E-state index in [2.05, 4.69) is 16.0 Å². The van der Waals surface area contributed by atoms with Gasteiger partial charge in [-0.2, -0.15) is 0 Å². The molecule has 0 aromatic heterocycles. The summed E-state index contributed by atoms with van der Waals surface area (Å²) in [5.41, 5.74) is 0. The van der Waals surface area contributed by atoms with Crippen molar-refractivity contribution >= 4 is 18.0 Å². The first kappa shape index (κ1) is 9.56. The standard InChI is InChI=1S/C7H10N4O4/c1-2(5(12)13)11-4-3(9-7(11)15)8-6(14)10-4/h2-4H,1H3,(H,9,15)(H,12,13)(H2,8,10,14). The van der Waals surface area contributed by atoms with Crippen LogP contribution < -0.4 is 16.0 Å². The van der Waals surface area contributed by atoms with Gasteiger partial charge in [0.2, 0.25) is 0 Å². The van der Waals surface area contributed by atoms with Crippen molar-refractivity contribution in [1.82, 2.24) is 20.9 Å². The van der Waals surface area contributed by atoms with Crippen molar-refractivity contribution in [3.8, 4) is 0 Å². The minimum atomic E-state index is -1.12. The molecular formula is C7H10N4O4. The smallest absolute Gasteiger partial charge is 0.326 e. The van der Waals surface area contributed by atoms with Gasteiger partial charge in [0.15, 0.2) is 0 Å². The number of rotatable bonds is 2. The lowest BCUT2D eigenvalue weighted by Gasteiger charge is -2.24. The highest BCUT2D eigenvalue weighted by molar-refractivity contribution is 5.88. The Morgan fingerprint density at radius 2 is 2.07 bits per heavy atom. The molecule has 0 radical (unpaired) electrons. The molecule has 82 valence electrons. The van der Waals surface area contributed by atoms with Crippen molar-refractivity contribution in [3.63, 3.8) is 0 Å². The zero-order valence-corrected chi connectivity index (χ0v) is 7.85. The lowest BCUT2D eigenvalue weighted by molar-refractivity contribution is -0.142. The second kappa shape index (κ2) is 3.01. The Hall–Kier alpha value is -1.99. The molecule has 4 N–H and O–H groups in total.